The van der Waals surface area contributed by atoms with E-state index in [1.807, 2.05) is 0 Å². The van der Waals surface area contributed by atoms with Crippen molar-refractivity contribution in [1.82, 2.24) is 4.57 Å². The van der Waals surface area contributed by atoms with Crippen molar-refractivity contribution in [3.8, 4) is 0 Å². The third-order valence-corrected chi connectivity index (χ3v) is 3.81. The fourth-order valence-electron chi connectivity index (χ4n) is 2.52. The fraction of sp³-hybridized carbons (Fsp3) is 0.529. The van der Waals surface area contributed by atoms with Crippen LogP contribution in [0.4, 0.5) is 0 Å². The molecule has 0 saturated carbocycles. The summed E-state index contributed by atoms with van der Waals surface area (Å²) in [4.78, 5) is 0. The van der Waals surface area contributed by atoms with Gasteiger partial charge in [-0.2, -0.15) is 0 Å². The van der Waals surface area contributed by atoms with Gasteiger partial charge in [0.1, 0.15) is 0 Å². The van der Waals surface area contributed by atoms with Crippen LogP contribution in [0.1, 0.15) is 45.2 Å². The topological polar surface area (TPSA) is 30.9 Å². The quantitative estimate of drug-likeness (QED) is 0.893. The van der Waals surface area contributed by atoms with Crippen LogP contribution in [0.3, 0.4) is 0 Å². The average Bonchev–Trinajstić information content (AvgIpc) is 2.62. The lowest BCUT2D eigenvalue weighted by atomic mass is 9.86. The Labute approximate surface area is 116 Å². The van der Waals surface area contributed by atoms with Crippen LogP contribution in [0.15, 0.2) is 24.4 Å². The summed E-state index contributed by atoms with van der Waals surface area (Å²) in [7, 11) is 2.12. The predicted molar refractivity (Wildman–Crippen MR) is 83.6 cm³/mol. The zero-order valence-electron chi connectivity index (χ0n) is 12.8. The maximum atomic E-state index is 5.88. The van der Waals surface area contributed by atoms with Crippen molar-refractivity contribution < 1.29 is 0 Å². The van der Waals surface area contributed by atoms with E-state index in [-0.39, 0.29) is 11.5 Å². The Morgan fingerprint density at radius 3 is 2.53 bits per heavy atom. The lowest BCUT2D eigenvalue weighted by Gasteiger charge is -2.19. The minimum Gasteiger partial charge on any atom is -0.350 e. The van der Waals surface area contributed by atoms with Gasteiger partial charge >= 0.3 is 0 Å². The highest BCUT2D eigenvalue weighted by molar-refractivity contribution is 5.85. The summed E-state index contributed by atoms with van der Waals surface area (Å²) in [6.07, 6.45) is 4.35. The number of nitrogens with two attached hydrogens (primary N) is 1. The zero-order valence-corrected chi connectivity index (χ0v) is 12.8. The number of hydrogen-bond donors (Lipinski definition) is 1. The van der Waals surface area contributed by atoms with Crippen molar-refractivity contribution in [1.29, 1.82) is 0 Å². The van der Waals surface area contributed by atoms with E-state index in [0.717, 1.165) is 12.8 Å². The summed E-state index contributed by atoms with van der Waals surface area (Å²) in [5.74, 6) is 0. The standard InChI is InChI=1S/C17H26N2/c1-12(18)6-7-13-11-19(5)16-9-8-14(10-15(13)16)17(2,3)4/h8-12H,6-7,18H2,1-5H3. The Balaban J connectivity index is 2.46. The summed E-state index contributed by atoms with van der Waals surface area (Å²) < 4.78 is 2.22. The maximum absolute atomic E-state index is 5.88. The molecule has 2 nitrogen and oxygen atoms in total. The average molecular weight is 258 g/mol. The molecule has 0 fully saturated rings. The smallest absolute Gasteiger partial charge is 0.0480 e. The summed E-state index contributed by atoms with van der Waals surface area (Å²) >= 11 is 0. The molecule has 0 amide bonds. The van der Waals surface area contributed by atoms with Crippen LogP contribution in [0.25, 0.3) is 10.9 Å². The van der Waals surface area contributed by atoms with E-state index < -0.39 is 0 Å². The van der Waals surface area contributed by atoms with Gasteiger partial charge in [-0.25, -0.2) is 0 Å². The number of hydrogen-bond acceptors (Lipinski definition) is 1. The van der Waals surface area contributed by atoms with Gasteiger partial charge in [-0.15, -0.1) is 0 Å². The van der Waals surface area contributed by atoms with Crippen molar-refractivity contribution in [2.24, 2.45) is 12.8 Å². The second kappa shape index (κ2) is 5.01. The molecule has 1 unspecified atom stereocenters. The van der Waals surface area contributed by atoms with E-state index >= 15 is 0 Å². The molecular weight excluding hydrogens is 232 g/mol. The molecule has 0 aliphatic rings. The number of rotatable bonds is 3. The molecule has 0 spiro atoms. The van der Waals surface area contributed by atoms with Crippen molar-refractivity contribution in [2.45, 2.75) is 52.0 Å². The third-order valence-electron chi connectivity index (χ3n) is 3.81. The first kappa shape index (κ1) is 14.1. The van der Waals surface area contributed by atoms with Crippen LogP contribution in [0, 0.1) is 0 Å². The van der Waals surface area contributed by atoms with Gasteiger partial charge in [0.25, 0.3) is 0 Å². The molecule has 0 aliphatic heterocycles. The lowest BCUT2D eigenvalue weighted by Crippen LogP contribution is -2.15. The van der Waals surface area contributed by atoms with Crippen LogP contribution in [-0.4, -0.2) is 10.6 Å². The third kappa shape index (κ3) is 3.01. The summed E-state index contributed by atoms with van der Waals surface area (Å²) in [6, 6.07) is 7.11. The molecule has 0 aliphatic carbocycles. The van der Waals surface area contributed by atoms with Gasteiger partial charge in [0.15, 0.2) is 0 Å². The SMILES string of the molecule is CC(N)CCc1cn(C)c2ccc(C(C)(C)C)cc12. The molecule has 1 aromatic carbocycles. The number of fused-ring (bicyclic) bond motifs is 1. The first-order valence-corrected chi connectivity index (χ1v) is 7.13. The molecule has 1 atom stereocenters. The van der Waals surface area contributed by atoms with Crippen LogP contribution < -0.4 is 5.73 Å². The Kier molecular flexibility index (Phi) is 3.73. The van der Waals surface area contributed by atoms with Crippen LogP contribution in [0.2, 0.25) is 0 Å². The number of aromatic nitrogens is 1. The van der Waals surface area contributed by atoms with E-state index in [2.05, 4.69) is 63.7 Å². The van der Waals surface area contributed by atoms with E-state index in [9.17, 15) is 0 Å². The van der Waals surface area contributed by atoms with E-state index in [4.69, 9.17) is 5.73 Å². The van der Waals surface area contributed by atoms with Gasteiger partial charge in [0.2, 0.25) is 0 Å². The summed E-state index contributed by atoms with van der Waals surface area (Å²) in [5, 5.41) is 1.38. The molecule has 0 saturated heterocycles. The molecular formula is C17H26N2. The highest BCUT2D eigenvalue weighted by atomic mass is 14.9. The molecule has 2 N–H and O–H groups in total. The van der Waals surface area contributed by atoms with E-state index in [0.29, 0.717) is 0 Å². The van der Waals surface area contributed by atoms with Gasteiger partial charge in [0, 0.05) is 30.2 Å². The van der Waals surface area contributed by atoms with Crippen molar-refractivity contribution in [3.05, 3.63) is 35.5 Å². The van der Waals surface area contributed by atoms with Crippen molar-refractivity contribution >= 4 is 10.9 Å². The molecule has 2 heteroatoms. The van der Waals surface area contributed by atoms with Gasteiger partial charge in [0.05, 0.1) is 0 Å². The van der Waals surface area contributed by atoms with Crippen LogP contribution >= 0.6 is 0 Å². The second-order valence-corrected chi connectivity index (χ2v) is 6.76. The summed E-state index contributed by atoms with van der Waals surface area (Å²) in [6.45, 7) is 8.86. The Hall–Kier alpha value is -1.28. The molecule has 1 aromatic heterocycles. The number of benzene rings is 1. The predicted octanol–water partition coefficient (Wildman–Crippen LogP) is 3.76. The van der Waals surface area contributed by atoms with E-state index in [1.54, 1.807) is 0 Å². The molecule has 0 radical (unpaired) electrons. The summed E-state index contributed by atoms with van der Waals surface area (Å²) in [5.41, 5.74) is 10.2. The number of nitrogens with zero attached hydrogens (tertiary/aromatic N) is 1. The van der Waals surface area contributed by atoms with Crippen LogP contribution in [0.5, 0.6) is 0 Å². The molecule has 104 valence electrons. The van der Waals surface area contributed by atoms with Gasteiger partial charge < -0.3 is 10.3 Å². The van der Waals surface area contributed by atoms with Gasteiger partial charge in [-0.1, -0.05) is 26.8 Å². The minimum atomic E-state index is 0.197. The normalized spacial score (nSPS) is 14.0. The minimum absolute atomic E-state index is 0.197. The highest BCUT2D eigenvalue weighted by Crippen LogP contribution is 2.29. The van der Waals surface area contributed by atoms with Gasteiger partial charge in [-0.3, -0.25) is 0 Å². The Bertz CT molecular complexity index is 571. The Morgan fingerprint density at radius 2 is 1.95 bits per heavy atom. The largest absolute Gasteiger partial charge is 0.350 e. The Morgan fingerprint density at radius 1 is 1.26 bits per heavy atom. The fourth-order valence-corrected chi connectivity index (χ4v) is 2.52. The molecule has 2 aromatic rings. The van der Waals surface area contributed by atoms with E-state index in [1.165, 1.54) is 22.0 Å². The highest BCUT2D eigenvalue weighted by Gasteiger charge is 2.16. The van der Waals surface area contributed by atoms with Crippen molar-refractivity contribution in [3.63, 3.8) is 0 Å². The monoisotopic (exact) mass is 258 g/mol. The van der Waals surface area contributed by atoms with Gasteiger partial charge in [-0.05, 0) is 48.4 Å². The maximum Gasteiger partial charge on any atom is 0.0480 e. The zero-order chi connectivity index (χ0) is 14.2. The van der Waals surface area contributed by atoms with Crippen LogP contribution in [-0.2, 0) is 18.9 Å². The first-order chi connectivity index (χ1) is 8.79. The molecule has 2 rings (SSSR count). The second-order valence-electron chi connectivity index (χ2n) is 6.76. The molecule has 0 bridgehead atoms. The lowest BCUT2D eigenvalue weighted by molar-refractivity contribution is 0.591. The molecule has 1 heterocycles. The first-order valence-electron chi connectivity index (χ1n) is 7.13. The molecule has 19 heavy (non-hydrogen) atoms. The number of aryl methyl sites for hydroxylation is 2. The van der Waals surface area contributed by atoms with Crippen molar-refractivity contribution in [2.75, 3.05) is 0 Å².